The first-order valence-corrected chi connectivity index (χ1v) is 15.2. The summed E-state index contributed by atoms with van der Waals surface area (Å²) in [4.78, 5) is 90.0. The number of hydrogen-bond donors (Lipinski definition) is 7. The number of carboxylic acids is 1. The Hall–Kier alpha value is -3.40. The van der Waals surface area contributed by atoms with Crippen LogP contribution in [-0.4, -0.2) is 113 Å². The molecule has 0 aromatic rings. The largest absolute Gasteiger partial charge is 0.480 e. The molecule has 2 aliphatic rings. The van der Waals surface area contributed by atoms with Gasteiger partial charge in [0.15, 0.2) is 0 Å². The van der Waals surface area contributed by atoms with E-state index in [0.29, 0.717) is 25.8 Å². The van der Waals surface area contributed by atoms with Crippen molar-refractivity contribution in [2.75, 3.05) is 31.1 Å². The van der Waals surface area contributed by atoms with Crippen LogP contribution in [0.5, 0.6) is 0 Å². The Balaban J connectivity index is 2.26. The maximum absolute atomic E-state index is 13.6. The molecule has 0 aromatic heterocycles. The van der Waals surface area contributed by atoms with E-state index in [4.69, 9.17) is 10.8 Å². The van der Waals surface area contributed by atoms with Crippen molar-refractivity contribution in [3.8, 4) is 0 Å². The summed E-state index contributed by atoms with van der Waals surface area (Å²) < 4.78 is 0. The number of nitrogens with one attached hydrogen (secondary N) is 5. The zero-order chi connectivity index (χ0) is 31.6. The predicted molar refractivity (Wildman–Crippen MR) is 154 cm³/mol. The third kappa shape index (κ3) is 10.5. The summed E-state index contributed by atoms with van der Waals surface area (Å²) in [6.07, 6.45) is 1.38. The molecule has 42 heavy (non-hydrogen) atoms. The molecule has 2 fully saturated rings. The van der Waals surface area contributed by atoms with Crippen LogP contribution in [0.15, 0.2) is 0 Å². The lowest BCUT2D eigenvalue weighted by Crippen LogP contribution is -2.57. The molecule has 0 bridgehead atoms. The van der Waals surface area contributed by atoms with Gasteiger partial charge in [-0.05, 0) is 31.1 Å². The van der Waals surface area contributed by atoms with Crippen molar-refractivity contribution in [2.24, 2.45) is 17.6 Å². The van der Waals surface area contributed by atoms with Gasteiger partial charge in [0.05, 0.1) is 12.6 Å². The SMILES string of the molecule is CC(C)C[C@H](N)C(=O)N[C@@H]1CSC[C@H](C(=O)N[C@H](C(=O)NCC(=O)O)C(C)C)NC(=O)CNC(=O)[C@@H]2CCCN2C1=O. The lowest BCUT2D eigenvalue weighted by molar-refractivity contribution is -0.141. The number of fused-ring (bicyclic) bond motifs is 1. The van der Waals surface area contributed by atoms with Crippen molar-refractivity contribution in [3.05, 3.63) is 0 Å². The molecule has 236 valence electrons. The van der Waals surface area contributed by atoms with E-state index in [1.807, 2.05) is 13.8 Å². The zero-order valence-corrected chi connectivity index (χ0v) is 25.3. The molecule has 16 heteroatoms. The molecule has 2 aliphatic heterocycles. The number of amides is 6. The topological polar surface area (TPSA) is 229 Å². The highest BCUT2D eigenvalue weighted by molar-refractivity contribution is 7.99. The monoisotopic (exact) mass is 613 g/mol. The number of nitrogens with two attached hydrogens (primary N) is 1. The first-order valence-electron chi connectivity index (χ1n) is 14.0. The molecule has 0 spiro atoms. The van der Waals surface area contributed by atoms with Gasteiger partial charge in [-0.2, -0.15) is 11.8 Å². The first-order chi connectivity index (χ1) is 19.7. The van der Waals surface area contributed by atoms with Crippen LogP contribution in [0.3, 0.4) is 0 Å². The fraction of sp³-hybridized carbons (Fsp3) is 0.731. The third-order valence-electron chi connectivity index (χ3n) is 6.82. The normalized spacial score (nSPS) is 23.4. The number of rotatable bonds is 10. The van der Waals surface area contributed by atoms with Crippen molar-refractivity contribution < 1.29 is 38.7 Å². The zero-order valence-electron chi connectivity index (χ0n) is 24.4. The van der Waals surface area contributed by atoms with E-state index in [2.05, 4.69) is 26.6 Å². The van der Waals surface area contributed by atoms with E-state index in [0.717, 1.165) is 11.8 Å². The van der Waals surface area contributed by atoms with E-state index in [9.17, 15) is 33.6 Å². The third-order valence-corrected chi connectivity index (χ3v) is 7.96. The van der Waals surface area contributed by atoms with Gasteiger partial charge in [0.25, 0.3) is 0 Å². The van der Waals surface area contributed by atoms with Crippen LogP contribution in [0.25, 0.3) is 0 Å². The molecule has 2 rings (SSSR count). The van der Waals surface area contributed by atoms with Crippen molar-refractivity contribution in [2.45, 2.75) is 77.2 Å². The van der Waals surface area contributed by atoms with Gasteiger partial charge in [-0.25, -0.2) is 0 Å². The molecule has 2 heterocycles. The van der Waals surface area contributed by atoms with E-state index >= 15 is 0 Å². The molecule has 0 saturated carbocycles. The van der Waals surface area contributed by atoms with Crippen molar-refractivity contribution in [1.82, 2.24) is 31.5 Å². The minimum absolute atomic E-state index is 0.0240. The molecular formula is C26H43N7O8S. The fourth-order valence-electron chi connectivity index (χ4n) is 4.65. The molecule has 2 saturated heterocycles. The number of carbonyl (C=O) groups excluding carboxylic acids is 6. The maximum atomic E-state index is 13.6. The van der Waals surface area contributed by atoms with Gasteiger partial charge >= 0.3 is 5.97 Å². The highest BCUT2D eigenvalue weighted by Gasteiger charge is 2.39. The number of nitrogens with zero attached hydrogens (tertiary/aromatic N) is 1. The average molecular weight is 614 g/mol. The molecular weight excluding hydrogens is 570 g/mol. The van der Waals surface area contributed by atoms with Gasteiger partial charge in [-0.1, -0.05) is 27.7 Å². The highest BCUT2D eigenvalue weighted by atomic mass is 32.2. The highest BCUT2D eigenvalue weighted by Crippen LogP contribution is 2.20. The van der Waals surface area contributed by atoms with Gasteiger partial charge in [0.2, 0.25) is 35.4 Å². The van der Waals surface area contributed by atoms with E-state index in [-0.39, 0.29) is 17.4 Å². The number of hydrogen-bond acceptors (Lipinski definition) is 9. The lowest BCUT2D eigenvalue weighted by Gasteiger charge is -2.29. The fourth-order valence-corrected chi connectivity index (χ4v) is 5.72. The smallest absolute Gasteiger partial charge is 0.322 e. The van der Waals surface area contributed by atoms with E-state index in [1.165, 1.54) is 4.90 Å². The Bertz CT molecular complexity index is 1040. The first kappa shape index (κ1) is 34.8. The summed E-state index contributed by atoms with van der Waals surface area (Å²) in [5.74, 6) is -5.10. The second-order valence-corrected chi connectivity index (χ2v) is 12.3. The minimum atomic E-state index is -1.25. The summed E-state index contributed by atoms with van der Waals surface area (Å²) in [6.45, 7) is 6.39. The molecule has 15 nitrogen and oxygen atoms in total. The summed E-state index contributed by atoms with van der Waals surface area (Å²) in [6, 6.07) is -4.97. The molecule has 5 atom stereocenters. The van der Waals surface area contributed by atoms with Crippen LogP contribution >= 0.6 is 11.8 Å². The molecule has 0 unspecified atom stereocenters. The Morgan fingerprint density at radius 1 is 1.10 bits per heavy atom. The summed E-state index contributed by atoms with van der Waals surface area (Å²) in [5.41, 5.74) is 6.04. The lowest BCUT2D eigenvalue weighted by atomic mass is 10.0. The number of carbonyl (C=O) groups is 7. The molecule has 0 aliphatic carbocycles. The van der Waals surface area contributed by atoms with Gasteiger partial charge in [-0.3, -0.25) is 33.6 Å². The van der Waals surface area contributed by atoms with Crippen LogP contribution in [0, 0.1) is 11.8 Å². The number of carboxylic acid groups (broad SMARTS) is 1. The molecule has 6 amide bonds. The molecule has 0 aromatic carbocycles. The second-order valence-electron chi connectivity index (χ2n) is 11.2. The van der Waals surface area contributed by atoms with Crippen molar-refractivity contribution >= 4 is 53.2 Å². The second kappa shape index (κ2) is 16.3. The van der Waals surface area contributed by atoms with Gasteiger partial charge in [0, 0.05) is 18.1 Å². The van der Waals surface area contributed by atoms with Crippen LogP contribution < -0.4 is 32.3 Å². The maximum Gasteiger partial charge on any atom is 0.322 e. The van der Waals surface area contributed by atoms with Crippen LogP contribution in [0.1, 0.15) is 47.0 Å². The van der Waals surface area contributed by atoms with Gasteiger partial charge < -0.3 is 42.3 Å². The quantitative estimate of drug-likeness (QED) is 0.137. The van der Waals surface area contributed by atoms with Crippen LogP contribution in [0.4, 0.5) is 0 Å². The molecule has 8 N–H and O–H groups in total. The minimum Gasteiger partial charge on any atom is -0.480 e. The molecule has 0 radical (unpaired) electrons. The van der Waals surface area contributed by atoms with Crippen molar-refractivity contribution in [3.63, 3.8) is 0 Å². The Morgan fingerprint density at radius 3 is 2.40 bits per heavy atom. The van der Waals surface area contributed by atoms with Gasteiger partial charge in [0.1, 0.15) is 30.7 Å². The summed E-state index contributed by atoms with van der Waals surface area (Å²) in [5, 5.41) is 21.4. The summed E-state index contributed by atoms with van der Waals surface area (Å²) in [7, 11) is 0. The van der Waals surface area contributed by atoms with E-state index < -0.39 is 90.6 Å². The number of aliphatic carboxylic acids is 1. The predicted octanol–water partition coefficient (Wildman–Crippen LogP) is -2.47. The van der Waals surface area contributed by atoms with Crippen molar-refractivity contribution in [1.29, 1.82) is 0 Å². The Morgan fingerprint density at radius 2 is 1.79 bits per heavy atom. The Kier molecular flexibility index (Phi) is 13.5. The van der Waals surface area contributed by atoms with Crippen LogP contribution in [-0.2, 0) is 33.6 Å². The standard InChI is InChI=1S/C26H43N7O8S/c1-13(2)8-15(27)22(37)31-17-12-42-11-16(23(38)32-21(14(3)4)25(40)29-10-20(35)36)30-19(34)9-28-24(39)18-6-5-7-33(18)26(17)41/h13-18,21H,5-12,27H2,1-4H3,(H,28,39)(H,29,40)(H,30,34)(H,31,37)(H,32,38)(H,35,36)/t15-,16+,17+,18-,21-/m0/s1. The van der Waals surface area contributed by atoms with Crippen LogP contribution in [0.2, 0.25) is 0 Å². The number of thioether (sulfide) groups is 1. The van der Waals surface area contributed by atoms with E-state index in [1.54, 1.807) is 13.8 Å². The Labute approximate surface area is 249 Å². The van der Waals surface area contributed by atoms with Gasteiger partial charge in [-0.15, -0.1) is 0 Å². The summed E-state index contributed by atoms with van der Waals surface area (Å²) >= 11 is 1.12. The average Bonchev–Trinajstić information content (AvgIpc) is 3.40.